The second-order valence-electron chi connectivity index (χ2n) is 5.68. The fourth-order valence-corrected chi connectivity index (χ4v) is 2.81. The molecule has 0 aliphatic carbocycles. The molecule has 3 rings (SSSR count). The van der Waals surface area contributed by atoms with Crippen molar-refractivity contribution in [1.29, 1.82) is 0 Å². The zero-order valence-corrected chi connectivity index (χ0v) is 11.2. The lowest BCUT2D eigenvalue weighted by atomic mass is 9.86. The Balaban J connectivity index is 1.70. The summed E-state index contributed by atoms with van der Waals surface area (Å²) in [6, 6.07) is 8.34. The second kappa shape index (κ2) is 4.96. The standard InChI is InChI=1S/C15H20N2O2/c1-17(8-15(9-18)10-19-11-15)7-12-6-16-14-5-3-2-4-13(12)14/h2-6,16,18H,7-11H2,1H3. The molecule has 19 heavy (non-hydrogen) atoms. The van der Waals surface area contributed by atoms with Gasteiger partial charge in [0, 0.05) is 30.2 Å². The molecule has 0 radical (unpaired) electrons. The largest absolute Gasteiger partial charge is 0.396 e. The van der Waals surface area contributed by atoms with Crippen molar-refractivity contribution in [2.24, 2.45) is 5.41 Å². The van der Waals surface area contributed by atoms with E-state index in [1.54, 1.807) is 0 Å². The van der Waals surface area contributed by atoms with Crippen LogP contribution in [0.5, 0.6) is 0 Å². The number of nitrogens with one attached hydrogen (secondary N) is 1. The molecule has 1 aliphatic rings. The molecule has 0 saturated carbocycles. The zero-order valence-electron chi connectivity index (χ0n) is 11.2. The van der Waals surface area contributed by atoms with Gasteiger partial charge in [-0.2, -0.15) is 0 Å². The van der Waals surface area contributed by atoms with Gasteiger partial charge in [0.2, 0.25) is 0 Å². The summed E-state index contributed by atoms with van der Waals surface area (Å²) in [6.45, 7) is 3.28. The summed E-state index contributed by atoms with van der Waals surface area (Å²) in [4.78, 5) is 5.56. The number of aromatic nitrogens is 1. The van der Waals surface area contributed by atoms with Crippen LogP contribution in [0.4, 0.5) is 0 Å². The predicted molar refractivity (Wildman–Crippen MR) is 75.0 cm³/mol. The minimum atomic E-state index is -0.0547. The van der Waals surface area contributed by atoms with Gasteiger partial charge in [-0.25, -0.2) is 0 Å². The first-order valence-electron chi connectivity index (χ1n) is 6.65. The first kappa shape index (κ1) is 12.7. The Labute approximate surface area is 113 Å². The quantitative estimate of drug-likeness (QED) is 0.858. The number of fused-ring (bicyclic) bond motifs is 1. The number of hydrogen-bond acceptors (Lipinski definition) is 3. The van der Waals surface area contributed by atoms with E-state index < -0.39 is 0 Å². The average molecular weight is 260 g/mol. The summed E-state index contributed by atoms with van der Waals surface area (Å²) < 4.78 is 5.24. The Morgan fingerprint density at radius 3 is 2.84 bits per heavy atom. The van der Waals surface area contributed by atoms with Crippen molar-refractivity contribution < 1.29 is 9.84 Å². The van der Waals surface area contributed by atoms with Crippen molar-refractivity contribution in [3.05, 3.63) is 36.0 Å². The summed E-state index contributed by atoms with van der Waals surface area (Å²) in [5, 5.41) is 10.7. The van der Waals surface area contributed by atoms with Crippen LogP contribution in [0.2, 0.25) is 0 Å². The lowest BCUT2D eigenvalue weighted by Crippen LogP contribution is -2.52. The van der Waals surface area contributed by atoms with Crippen LogP contribution in [0.15, 0.2) is 30.5 Å². The van der Waals surface area contributed by atoms with Gasteiger partial charge >= 0.3 is 0 Å². The summed E-state index contributed by atoms with van der Waals surface area (Å²) in [5.41, 5.74) is 2.42. The molecule has 1 saturated heterocycles. The fraction of sp³-hybridized carbons (Fsp3) is 0.467. The van der Waals surface area contributed by atoms with E-state index in [1.807, 2.05) is 6.07 Å². The van der Waals surface area contributed by atoms with Gasteiger partial charge in [0.1, 0.15) is 0 Å². The van der Waals surface area contributed by atoms with E-state index in [4.69, 9.17) is 4.74 Å². The van der Waals surface area contributed by atoms with Crippen LogP contribution in [0, 0.1) is 5.41 Å². The number of aliphatic hydroxyl groups excluding tert-OH is 1. The van der Waals surface area contributed by atoms with Gasteiger partial charge in [0.25, 0.3) is 0 Å². The molecule has 4 heteroatoms. The summed E-state index contributed by atoms with van der Waals surface area (Å²) >= 11 is 0. The molecular formula is C15H20N2O2. The van der Waals surface area contributed by atoms with Gasteiger partial charge in [-0.15, -0.1) is 0 Å². The van der Waals surface area contributed by atoms with E-state index >= 15 is 0 Å². The number of rotatable bonds is 5. The Bertz CT molecular complexity index is 555. The molecule has 0 unspecified atom stereocenters. The normalized spacial score (nSPS) is 17.8. The monoisotopic (exact) mass is 260 g/mol. The number of benzene rings is 1. The molecule has 102 valence electrons. The number of nitrogens with zero attached hydrogens (tertiary/aromatic N) is 1. The molecule has 2 heterocycles. The third kappa shape index (κ3) is 2.39. The third-order valence-electron chi connectivity index (χ3n) is 3.87. The van der Waals surface area contributed by atoms with Crippen molar-refractivity contribution in [3.8, 4) is 0 Å². The maximum Gasteiger partial charge on any atom is 0.0579 e. The summed E-state index contributed by atoms with van der Waals surface area (Å²) in [5.74, 6) is 0. The summed E-state index contributed by atoms with van der Waals surface area (Å²) in [7, 11) is 2.09. The van der Waals surface area contributed by atoms with Gasteiger partial charge in [-0.05, 0) is 18.7 Å². The average Bonchev–Trinajstić information content (AvgIpc) is 2.78. The van der Waals surface area contributed by atoms with Gasteiger partial charge < -0.3 is 19.7 Å². The molecule has 2 aromatic rings. The van der Waals surface area contributed by atoms with Crippen LogP contribution in [-0.2, 0) is 11.3 Å². The molecule has 0 bridgehead atoms. The lowest BCUT2D eigenvalue weighted by molar-refractivity contribution is -0.147. The van der Waals surface area contributed by atoms with Gasteiger partial charge in [0.15, 0.2) is 0 Å². The Kier molecular flexibility index (Phi) is 3.31. The second-order valence-corrected chi connectivity index (χ2v) is 5.68. The van der Waals surface area contributed by atoms with Crippen LogP contribution < -0.4 is 0 Å². The lowest BCUT2D eigenvalue weighted by Gasteiger charge is -2.42. The topological polar surface area (TPSA) is 48.5 Å². The van der Waals surface area contributed by atoms with Gasteiger partial charge in [0.05, 0.1) is 25.2 Å². The fourth-order valence-electron chi connectivity index (χ4n) is 2.81. The Morgan fingerprint density at radius 2 is 2.16 bits per heavy atom. The highest BCUT2D eigenvalue weighted by Gasteiger charge is 2.38. The molecule has 1 aromatic carbocycles. The number of aromatic amines is 1. The van der Waals surface area contributed by atoms with E-state index in [2.05, 4.69) is 41.3 Å². The van der Waals surface area contributed by atoms with Crippen LogP contribution in [0.25, 0.3) is 10.9 Å². The molecule has 0 atom stereocenters. The van der Waals surface area contributed by atoms with E-state index in [1.165, 1.54) is 16.5 Å². The van der Waals surface area contributed by atoms with Crippen LogP contribution in [-0.4, -0.2) is 48.4 Å². The molecule has 4 nitrogen and oxygen atoms in total. The van der Waals surface area contributed by atoms with Crippen LogP contribution >= 0.6 is 0 Å². The molecule has 0 spiro atoms. The predicted octanol–water partition coefficient (Wildman–Crippen LogP) is 1.61. The Morgan fingerprint density at radius 1 is 1.37 bits per heavy atom. The number of H-pyrrole nitrogens is 1. The Hall–Kier alpha value is -1.36. The number of ether oxygens (including phenoxy) is 1. The molecule has 1 fully saturated rings. The highest BCUT2D eigenvalue weighted by Crippen LogP contribution is 2.28. The third-order valence-corrected chi connectivity index (χ3v) is 3.87. The van der Waals surface area contributed by atoms with Crippen molar-refractivity contribution >= 4 is 10.9 Å². The number of para-hydroxylation sites is 1. The van der Waals surface area contributed by atoms with E-state index in [-0.39, 0.29) is 12.0 Å². The zero-order chi connectivity index (χ0) is 13.3. The van der Waals surface area contributed by atoms with E-state index in [9.17, 15) is 5.11 Å². The van der Waals surface area contributed by atoms with Crippen molar-refractivity contribution in [2.75, 3.05) is 33.4 Å². The van der Waals surface area contributed by atoms with E-state index in [0.717, 1.165) is 13.1 Å². The molecule has 1 aliphatic heterocycles. The highest BCUT2D eigenvalue weighted by atomic mass is 16.5. The number of aliphatic hydroxyl groups is 1. The van der Waals surface area contributed by atoms with Crippen molar-refractivity contribution in [1.82, 2.24) is 9.88 Å². The maximum atomic E-state index is 9.47. The number of hydrogen-bond donors (Lipinski definition) is 2. The first-order chi connectivity index (χ1) is 9.22. The SMILES string of the molecule is CN(Cc1c[nH]c2ccccc12)CC1(CO)COC1. The highest BCUT2D eigenvalue weighted by molar-refractivity contribution is 5.82. The summed E-state index contributed by atoms with van der Waals surface area (Å²) in [6.07, 6.45) is 2.07. The first-order valence-corrected chi connectivity index (χ1v) is 6.65. The van der Waals surface area contributed by atoms with Crippen molar-refractivity contribution in [2.45, 2.75) is 6.54 Å². The molecule has 1 aromatic heterocycles. The van der Waals surface area contributed by atoms with Gasteiger partial charge in [-0.1, -0.05) is 18.2 Å². The van der Waals surface area contributed by atoms with Crippen LogP contribution in [0.1, 0.15) is 5.56 Å². The van der Waals surface area contributed by atoms with Gasteiger partial charge in [-0.3, -0.25) is 0 Å². The molecular weight excluding hydrogens is 240 g/mol. The molecule has 0 amide bonds. The van der Waals surface area contributed by atoms with Crippen LogP contribution in [0.3, 0.4) is 0 Å². The molecule has 2 N–H and O–H groups in total. The minimum absolute atomic E-state index is 0.0547. The minimum Gasteiger partial charge on any atom is -0.396 e. The van der Waals surface area contributed by atoms with E-state index in [0.29, 0.717) is 13.2 Å². The smallest absolute Gasteiger partial charge is 0.0579 e. The maximum absolute atomic E-state index is 9.47. The van der Waals surface area contributed by atoms with Crippen molar-refractivity contribution in [3.63, 3.8) is 0 Å².